The molecule has 0 aliphatic carbocycles. The van der Waals surface area contributed by atoms with Gasteiger partial charge in [0.05, 0.1) is 6.61 Å². The monoisotopic (exact) mass is 462 g/mol. The van der Waals surface area contributed by atoms with Gasteiger partial charge < -0.3 is 9.64 Å². The predicted molar refractivity (Wildman–Crippen MR) is 140 cm³/mol. The van der Waals surface area contributed by atoms with Crippen LogP contribution in [0.15, 0.2) is 42.5 Å². The number of nitrogens with zero attached hydrogens (tertiary/aromatic N) is 2. The van der Waals surface area contributed by atoms with E-state index in [-0.39, 0.29) is 5.91 Å². The summed E-state index contributed by atoms with van der Waals surface area (Å²) in [6, 6.07) is 15.0. The summed E-state index contributed by atoms with van der Waals surface area (Å²) in [4.78, 5) is 17.6. The van der Waals surface area contributed by atoms with Gasteiger partial charge in [-0.2, -0.15) is 0 Å². The van der Waals surface area contributed by atoms with E-state index in [1.54, 1.807) is 0 Å². The van der Waals surface area contributed by atoms with E-state index >= 15 is 0 Å². The Morgan fingerprint density at radius 3 is 2.47 bits per heavy atom. The van der Waals surface area contributed by atoms with Crippen LogP contribution in [-0.2, 0) is 13.0 Å². The fourth-order valence-corrected chi connectivity index (χ4v) is 4.97. The highest BCUT2D eigenvalue weighted by atomic mass is 16.5. The molecule has 1 saturated heterocycles. The van der Waals surface area contributed by atoms with Crippen molar-refractivity contribution in [1.82, 2.24) is 9.80 Å². The van der Waals surface area contributed by atoms with Gasteiger partial charge in [0.15, 0.2) is 0 Å². The lowest BCUT2D eigenvalue weighted by atomic mass is 9.92. The second-order valence-electron chi connectivity index (χ2n) is 11.3. The van der Waals surface area contributed by atoms with Gasteiger partial charge in [0.2, 0.25) is 0 Å². The van der Waals surface area contributed by atoms with Crippen LogP contribution in [0.25, 0.3) is 0 Å². The maximum atomic E-state index is 13.0. The van der Waals surface area contributed by atoms with Gasteiger partial charge in [-0.05, 0) is 91.9 Å². The average Bonchev–Trinajstić information content (AvgIpc) is 3.34. The normalized spacial score (nSPS) is 18.1. The minimum atomic E-state index is 0.156. The highest BCUT2D eigenvalue weighted by molar-refractivity contribution is 5.94. The molecule has 4 heteroatoms. The molecule has 0 aromatic heterocycles. The van der Waals surface area contributed by atoms with E-state index in [2.05, 4.69) is 56.0 Å². The molecule has 0 N–H and O–H groups in total. The maximum absolute atomic E-state index is 13.0. The molecule has 0 radical (unpaired) electrons. The molecule has 0 spiro atoms. The molecule has 34 heavy (non-hydrogen) atoms. The highest BCUT2D eigenvalue weighted by Gasteiger charge is 2.21. The molecule has 2 heterocycles. The number of hydrogen-bond acceptors (Lipinski definition) is 3. The van der Waals surface area contributed by atoms with Crippen LogP contribution >= 0.6 is 0 Å². The van der Waals surface area contributed by atoms with Crippen molar-refractivity contribution in [2.24, 2.45) is 5.41 Å². The van der Waals surface area contributed by atoms with Crippen molar-refractivity contribution in [3.63, 3.8) is 0 Å². The predicted octanol–water partition coefficient (Wildman–Crippen LogP) is 6.31. The molecular formula is C30H42N2O2. The van der Waals surface area contributed by atoms with Crippen LogP contribution in [0, 0.1) is 5.41 Å². The average molecular weight is 463 g/mol. The van der Waals surface area contributed by atoms with Crippen LogP contribution < -0.4 is 4.74 Å². The summed E-state index contributed by atoms with van der Waals surface area (Å²) in [5.74, 6) is 1.08. The molecular weight excluding hydrogens is 420 g/mol. The topological polar surface area (TPSA) is 32.8 Å². The Bertz CT molecular complexity index is 957. The van der Waals surface area contributed by atoms with Crippen LogP contribution in [0.1, 0.15) is 86.3 Å². The molecule has 2 aliphatic rings. The summed E-state index contributed by atoms with van der Waals surface area (Å²) in [5.41, 5.74) is 4.90. The van der Waals surface area contributed by atoms with Crippen LogP contribution in [-0.4, -0.2) is 48.5 Å². The maximum Gasteiger partial charge on any atom is 0.253 e. The largest absolute Gasteiger partial charge is 0.493 e. The second-order valence-corrected chi connectivity index (χ2v) is 11.3. The first-order chi connectivity index (χ1) is 16.4. The lowest BCUT2D eigenvalue weighted by molar-refractivity contribution is 0.0792. The molecule has 1 amide bonds. The van der Waals surface area contributed by atoms with E-state index in [0.29, 0.717) is 5.41 Å². The fourth-order valence-electron chi connectivity index (χ4n) is 4.97. The number of carbonyl (C=O) groups is 1. The zero-order valence-corrected chi connectivity index (χ0v) is 21.4. The minimum Gasteiger partial charge on any atom is -0.493 e. The van der Waals surface area contributed by atoms with Gasteiger partial charge in [-0.15, -0.1) is 0 Å². The smallest absolute Gasteiger partial charge is 0.253 e. The Morgan fingerprint density at radius 2 is 1.68 bits per heavy atom. The summed E-state index contributed by atoms with van der Waals surface area (Å²) in [6.45, 7) is 12.7. The van der Waals surface area contributed by atoms with E-state index in [0.717, 1.165) is 81.9 Å². The third-order valence-electron chi connectivity index (χ3n) is 7.05. The van der Waals surface area contributed by atoms with Crippen molar-refractivity contribution in [3.05, 3.63) is 64.7 Å². The van der Waals surface area contributed by atoms with Gasteiger partial charge in [-0.25, -0.2) is 0 Å². The van der Waals surface area contributed by atoms with Gasteiger partial charge in [-0.1, -0.05) is 45.0 Å². The molecule has 2 aliphatic heterocycles. The number of likely N-dealkylation sites (tertiary alicyclic amines) is 1. The van der Waals surface area contributed by atoms with Crippen molar-refractivity contribution in [2.45, 2.75) is 72.3 Å². The first kappa shape index (κ1) is 24.8. The Kier molecular flexibility index (Phi) is 8.31. The van der Waals surface area contributed by atoms with E-state index < -0.39 is 0 Å². The number of amides is 1. The van der Waals surface area contributed by atoms with E-state index in [4.69, 9.17) is 4.74 Å². The van der Waals surface area contributed by atoms with Gasteiger partial charge >= 0.3 is 0 Å². The van der Waals surface area contributed by atoms with Crippen molar-refractivity contribution < 1.29 is 9.53 Å². The molecule has 4 nitrogen and oxygen atoms in total. The van der Waals surface area contributed by atoms with Gasteiger partial charge in [0.25, 0.3) is 5.91 Å². The molecule has 0 unspecified atom stereocenters. The Labute approximate surface area is 206 Å². The zero-order chi connectivity index (χ0) is 24.0. The standard InChI is InChI=1S/C30H42N2O2/c1-30(2,3)14-18-31-15-5-4-8-19-34-28-13-12-26(29(33)32-16-6-7-17-32)22-27(28)21-24-10-9-11-25(20-24)23-31/h9-13,20,22H,4-8,14-19,21,23H2,1-3H3. The molecule has 1 fully saturated rings. The van der Waals surface area contributed by atoms with E-state index in [9.17, 15) is 4.79 Å². The molecule has 0 atom stereocenters. The number of hydrogen-bond donors (Lipinski definition) is 0. The fraction of sp³-hybridized carbons (Fsp3) is 0.567. The third kappa shape index (κ3) is 7.09. The molecule has 2 aromatic rings. The quantitative estimate of drug-likeness (QED) is 0.535. The molecule has 184 valence electrons. The summed E-state index contributed by atoms with van der Waals surface area (Å²) >= 11 is 0. The van der Waals surface area contributed by atoms with Gasteiger partial charge in [-0.3, -0.25) is 9.69 Å². The first-order valence-electron chi connectivity index (χ1n) is 13.2. The Balaban J connectivity index is 1.56. The summed E-state index contributed by atoms with van der Waals surface area (Å²) < 4.78 is 6.24. The van der Waals surface area contributed by atoms with E-state index in [1.807, 2.05) is 17.0 Å². The summed E-state index contributed by atoms with van der Waals surface area (Å²) in [7, 11) is 0. The first-order valence-corrected chi connectivity index (χ1v) is 13.2. The number of fused-ring (bicyclic) bond motifs is 3. The minimum absolute atomic E-state index is 0.156. The van der Waals surface area contributed by atoms with Crippen LogP contribution in [0.4, 0.5) is 0 Å². The van der Waals surface area contributed by atoms with Gasteiger partial charge in [0, 0.05) is 31.6 Å². The number of rotatable bonds is 3. The van der Waals surface area contributed by atoms with E-state index in [1.165, 1.54) is 30.4 Å². The van der Waals surface area contributed by atoms with Crippen LogP contribution in [0.2, 0.25) is 0 Å². The van der Waals surface area contributed by atoms with Crippen LogP contribution in [0.5, 0.6) is 5.75 Å². The van der Waals surface area contributed by atoms with Crippen molar-refractivity contribution in [3.8, 4) is 5.75 Å². The SMILES string of the molecule is CC(C)(C)CCN1CCCCCOc2ccc(C(=O)N3CCCC3)cc2Cc2cccc(c2)C1. The molecule has 2 bridgehead atoms. The molecule has 4 rings (SSSR count). The number of carbonyl (C=O) groups excluding carboxylic acids is 1. The second kappa shape index (κ2) is 11.4. The summed E-state index contributed by atoms with van der Waals surface area (Å²) in [5, 5.41) is 0. The third-order valence-corrected chi connectivity index (χ3v) is 7.05. The highest BCUT2D eigenvalue weighted by Crippen LogP contribution is 2.27. The lowest BCUT2D eigenvalue weighted by Gasteiger charge is -2.27. The zero-order valence-electron chi connectivity index (χ0n) is 21.4. The van der Waals surface area contributed by atoms with Gasteiger partial charge in [0.1, 0.15) is 5.75 Å². The Morgan fingerprint density at radius 1 is 0.912 bits per heavy atom. The van der Waals surface area contributed by atoms with Crippen molar-refractivity contribution in [2.75, 3.05) is 32.8 Å². The molecule has 2 aromatic carbocycles. The van der Waals surface area contributed by atoms with Crippen molar-refractivity contribution >= 4 is 5.91 Å². The summed E-state index contributed by atoms with van der Waals surface area (Å²) in [6.07, 6.45) is 7.64. The number of benzene rings is 2. The Hall–Kier alpha value is -2.33. The van der Waals surface area contributed by atoms with Crippen LogP contribution in [0.3, 0.4) is 0 Å². The number of ether oxygens (including phenoxy) is 1. The lowest BCUT2D eigenvalue weighted by Crippen LogP contribution is -2.28. The van der Waals surface area contributed by atoms with Crippen molar-refractivity contribution in [1.29, 1.82) is 0 Å². The molecule has 0 saturated carbocycles.